The van der Waals surface area contributed by atoms with Crippen LogP contribution in [0.15, 0.2) is 72.8 Å². The second-order valence-corrected chi connectivity index (χ2v) is 6.70. The van der Waals surface area contributed by atoms with Crippen LogP contribution in [0.4, 0.5) is 26.2 Å². The van der Waals surface area contributed by atoms with Gasteiger partial charge in [-0.2, -0.15) is 0 Å². The van der Waals surface area contributed by atoms with Gasteiger partial charge in [-0.15, -0.1) is 0 Å². The lowest BCUT2D eigenvalue weighted by molar-refractivity contribution is 0.0600. The minimum Gasteiger partial charge on any atom is -0.465 e. The standard InChI is InChI=1S/C22H18FN3O4S/c1-30-21(28)14-5-4-6-17(13-14)26(31)22(29)25-16-11-9-15(10-12-16)24-20(27)18-7-2-3-8-19(18)23/h2-13,31H,1H3,(H,24,27)(H,25,29). The van der Waals surface area contributed by atoms with Crippen LogP contribution in [0, 0.1) is 5.82 Å². The van der Waals surface area contributed by atoms with Crippen molar-refractivity contribution in [2.75, 3.05) is 22.0 Å². The molecule has 2 N–H and O–H groups in total. The van der Waals surface area contributed by atoms with Gasteiger partial charge in [0, 0.05) is 11.4 Å². The second kappa shape index (κ2) is 9.77. The van der Waals surface area contributed by atoms with Gasteiger partial charge < -0.3 is 15.4 Å². The molecule has 0 aliphatic heterocycles. The van der Waals surface area contributed by atoms with E-state index >= 15 is 0 Å². The minimum atomic E-state index is -0.617. The molecule has 0 saturated heterocycles. The van der Waals surface area contributed by atoms with E-state index in [-0.39, 0.29) is 11.1 Å². The highest BCUT2D eigenvalue weighted by molar-refractivity contribution is 7.82. The SMILES string of the molecule is COC(=O)c1cccc(N(S)C(=O)Nc2ccc(NC(=O)c3ccccc3F)cc2)c1. The second-order valence-electron chi connectivity index (χ2n) is 6.30. The lowest BCUT2D eigenvalue weighted by atomic mass is 10.2. The number of carbonyl (C=O) groups is 3. The fourth-order valence-corrected chi connectivity index (χ4v) is 2.83. The number of benzene rings is 3. The van der Waals surface area contributed by atoms with Crippen LogP contribution in [-0.2, 0) is 4.74 Å². The summed E-state index contributed by atoms with van der Waals surface area (Å²) in [5.41, 5.74) is 1.45. The van der Waals surface area contributed by atoms with Gasteiger partial charge in [-0.05, 0) is 54.6 Å². The summed E-state index contributed by atoms with van der Waals surface area (Å²) in [4.78, 5) is 36.3. The summed E-state index contributed by atoms with van der Waals surface area (Å²) in [6, 6.07) is 17.6. The summed E-state index contributed by atoms with van der Waals surface area (Å²) in [5, 5.41) is 5.24. The number of thiol groups is 1. The fraction of sp³-hybridized carbons (Fsp3) is 0.0455. The first-order chi connectivity index (χ1) is 14.9. The van der Waals surface area contributed by atoms with Gasteiger partial charge in [0.25, 0.3) is 5.91 Å². The van der Waals surface area contributed by atoms with Crippen molar-refractivity contribution < 1.29 is 23.5 Å². The van der Waals surface area contributed by atoms with Crippen LogP contribution in [0.5, 0.6) is 0 Å². The molecular formula is C22H18FN3O4S. The van der Waals surface area contributed by atoms with Crippen molar-refractivity contribution in [2.24, 2.45) is 0 Å². The number of urea groups is 1. The molecule has 0 unspecified atom stereocenters. The Labute approximate surface area is 183 Å². The van der Waals surface area contributed by atoms with Crippen LogP contribution in [0.1, 0.15) is 20.7 Å². The molecule has 31 heavy (non-hydrogen) atoms. The number of nitrogens with zero attached hydrogens (tertiary/aromatic N) is 1. The molecule has 3 aromatic rings. The Balaban J connectivity index is 1.64. The Hall–Kier alpha value is -3.85. The highest BCUT2D eigenvalue weighted by Gasteiger charge is 2.15. The maximum Gasteiger partial charge on any atom is 0.337 e. The summed E-state index contributed by atoms with van der Waals surface area (Å²) in [6.45, 7) is 0. The van der Waals surface area contributed by atoms with Crippen LogP contribution in [0.3, 0.4) is 0 Å². The van der Waals surface area contributed by atoms with Crippen molar-refractivity contribution in [3.05, 3.63) is 89.7 Å². The van der Waals surface area contributed by atoms with Crippen molar-refractivity contribution in [1.82, 2.24) is 0 Å². The predicted octanol–water partition coefficient (Wildman–Crippen LogP) is 4.75. The van der Waals surface area contributed by atoms with Gasteiger partial charge in [-0.25, -0.2) is 18.3 Å². The van der Waals surface area contributed by atoms with E-state index in [1.807, 2.05) is 0 Å². The smallest absolute Gasteiger partial charge is 0.337 e. The number of carbonyl (C=O) groups excluding carboxylic acids is 3. The number of nitrogens with one attached hydrogen (secondary N) is 2. The van der Waals surface area contributed by atoms with Crippen LogP contribution in [-0.4, -0.2) is 25.0 Å². The first-order valence-corrected chi connectivity index (χ1v) is 9.43. The molecule has 0 aromatic heterocycles. The zero-order chi connectivity index (χ0) is 22.4. The van der Waals surface area contributed by atoms with E-state index in [4.69, 9.17) is 0 Å². The molecule has 0 bridgehead atoms. The van der Waals surface area contributed by atoms with Crippen molar-refractivity contribution in [3.8, 4) is 0 Å². The van der Waals surface area contributed by atoms with E-state index in [1.165, 1.54) is 31.4 Å². The Bertz CT molecular complexity index is 1120. The van der Waals surface area contributed by atoms with Gasteiger partial charge in [-0.3, -0.25) is 4.79 Å². The van der Waals surface area contributed by atoms with E-state index < -0.39 is 23.7 Å². The summed E-state index contributed by atoms with van der Waals surface area (Å²) in [6.07, 6.45) is 0. The first-order valence-electron chi connectivity index (χ1n) is 9.03. The molecule has 7 nitrogen and oxygen atoms in total. The molecule has 0 saturated carbocycles. The van der Waals surface area contributed by atoms with Crippen molar-refractivity contribution in [1.29, 1.82) is 0 Å². The third-order valence-electron chi connectivity index (χ3n) is 4.22. The minimum absolute atomic E-state index is 0.0696. The molecule has 0 heterocycles. The number of anilines is 3. The predicted molar refractivity (Wildman–Crippen MR) is 119 cm³/mol. The van der Waals surface area contributed by atoms with Gasteiger partial charge in [0.2, 0.25) is 0 Å². The summed E-state index contributed by atoms with van der Waals surface area (Å²) < 4.78 is 19.4. The normalized spacial score (nSPS) is 10.2. The molecular weight excluding hydrogens is 421 g/mol. The third kappa shape index (κ3) is 5.40. The first kappa shape index (κ1) is 21.8. The van der Waals surface area contributed by atoms with E-state index in [2.05, 4.69) is 28.2 Å². The maximum atomic E-state index is 13.7. The molecule has 0 radical (unpaired) electrons. The van der Waals surface area contributed by atoms with Gasteiger partial charge in [0.05, 0.1) is 23.9 Å². The largest absolute Gasteiger partial charge is 0.465 e. The van der Waals surface area contributed by atoms with Crippen LogP contribution in [0.25, 0.3) is 0 Å². The molecule has 0 atom stereocenters. The topological polar surface area (TPSA) is 87.7 Å². The van der Waals surface area contributed by atoms with Gasteiger partial charge in [-0.1, -0.05) is 31.0 Å². The quantitative estimate of drug-likeness (QED) is 0.396. The van der Waals surface area contributed by atoms with Crippen molar-refractivity contribution >= 4 is 47.8 Å². The molecule has 0 aliphatic rings. The number of hydrogen-bond acceptors (Lipinski definition) is 5. The van der Waals surface area contributed by atoms with Crippen molar-refractivity contribution in [2.45, 2.75) is 0 Å². The number of amides is 3. The zero-order valence-electron chi connectivity index (χ0n) is 16.3. The van der Waals surface area contributed by atoms with Gasteiger partial charge in [0.1, 0.15) is 5.82 Å². The molecule has 3 amide bonds. The Kier molecular flexibility index (Phi) is 6.88. The molecule has 3 aromatic carbocycles. The van der Waals surface area contributed by atoms with E-state index in [9.17, 15) is 18.8 Å². The Morgan fingerprint density at radius 2 is 1.55 bits per heavy atom. The van der Waals surface area contributed by atoms with Crippen molar-refractivity contribution in [3.63, 3.8) is 0 Å². The number of halogens is 1. The Morgan fingerprint density at radius 1 is 0.903 bits per heavy atom. The highest BCUT2D eigenvalue weighted by Crippen LogP contribution is 2.21. The number of hydrogen-bond donors (Lipinski definition) is 3. The maximum absolute atomic E-state index is 13.7. The third-order valence-corrected chi connectivity index (χ3v) is 4.63. The fourth-order valence-electron chi connectivity index (χ4n) is 2.66. The number of ether oxygens (including phenoxy) is 1. The number of rotatable bonds is 5. The van der Waals surface area contributed by atoms with Gasteiger partial charge in [0.15, 0.2) is 0 Å². The Morgan fingerprint density at radius 3 is 2.19 bits per heavy atom. The molecule has 9 heteroatoms. The molecule has 0 aliphatic carbocycles. The van der Waals surface area contributed by atoms with Crippen LogP contribution >= 0.6 is 12.8 Å². The average molecular weight is 439 g/mol. The summed E-state index contributed by atoms with van der Waals surface area (Å²) in [7, 11) is 1.27. The summed E-state index contributed by atoms with van der Waals surface area (Å²) >= 11 is 4.18. The van der Waals surface area contributed by atoms with Gasteiger partial charge >= 0.3 is 12.0 Å². The number of esters is 1. The zero-order valence-corrected chi connectivity index (χ0v) is 17.2. The molecule has 0 fully saturated rings. The molecule has 0 spiro atoms. The molecule has 158 valence electrons. The monoisotopic (exact) mass is 439 g/mol. The van der Waals surface area contributed by atoms with E-state index in [0.717, 1.165) is 4.31 Å². The lowest BCUT2D eigenvalue weighted by Gasteiger charge is -2.17. The summed E-state index contributed by atoms with van der Waals surface area (Å²) in [5.74, 6) is -1.73. The van der Waals surface area contributed by atoms with E-state index in [0.29, 0.717) is 17.1 Å². The highest BCUT2D eigenvalue weighted by atomic mass is 32.1. The lowest BCUT2D eigenvalue weighted by Crippen LogP contribution is -2.27. The number of methoxy groups -OCH3 is 1. The van der Waals surface area contributed by atoms with Crippen LogP contribution in [0.2, 0.25) is 0 Å². The van der Waals surface area contributed by atoms with Crippen LogP contribution < -0.4 is 14.9 Å². The average Bonchev–Trinajstić information content (AvgIpc) is 2.79. The van der Waals surface area contributed by atoms with E-state index in [1.54, 1.807) is 48.5 Å². The molecule has 3 rings (SSSR count).